The van der Waals surface area contributed by atoms with Crippen LogP contribution in [0.25, 0.3) is 0 Å². The molecule has 0 amide bonds. The van der Waals surface area contributed by atoms with Crippen LogP contribution in [-0.2, 0) is 9.53 Å². The van der Waals surface area contributed by atoms with E-state index >= 15 is 0 Å². The van der Waals surface area contributed by atoms with Gasteiger partial charge in [-0.15, -0.1) is 0 Å². The summed E-state index contributed by atoms with van der Waals surface area (Å²) in [6.45, 7) is 13.6. The second-order valence-electron chi connectivity index (χ2n) is 6.83. The molecule has 0 aliphatic heterocycles. The van der Waals surface area contributed by atoms with Crippen LogP contribution in [0.1, 0.15) is 72.1 Å². The molecule has 0 aliphatic carbocycles. The van der Waals surface area contributed by atoms with Crippen LogP contribution in [-0.4, -0.2) is 43.7 Å². The zero-order chi connectivity index (χ0) is 16.8. The minimum Gasteiger partial charge on any atom is -0.456 e. The van der Waals surface area contributed by atoms with Crippen molar-refractivity contribution in [2.45, 2.75) is 72.1 Å². The molecule has 0 aromatic heterocycles. The number of hydrogen-bond acceptors (Lipinski definition) is 2. The molecule has 0 saturated heterocycles. The fourth-order valence-corrected chi connectivity index (χ4v) is 2.63. The van der Waals surface area contributed by atoms with Crippen molar-refractivity contribution in [1.82, 2.24) is 0 Å². The number of ether oxygens (including phenoxy) is 1. The molecule has 0 fully saturated rings. The number of carbonyl (C=O) groups is 1. The largest absolute Gasteiger partial charge is 0.456 e. The second kappa shape index (κ2) is 12.7. The molecule has 0 aromatic rings. The molecule has 0 spiro atoms. The Morgan fingerprint density at radius 3 is 2.05 bits per heavy atom. The molecule has 130 valence electrons. The van der Waals surface area contributed by atoms with E-state index in [1.54, 1.807) is 6.92 Å². The maximum absolute atomic E-state index is 11.5. The molecule has 0 N–H and O–H groups in total. The monoisotopic (exact) mass is 312 g/mol. The molecule has 22 heavy (non-hydrogen) atoms. The first kappa shape index (κ1) is 21.2. The molecule has 0 bridgehead atoms. The summed E-state index contributed by atoms with van der Waals surface area (Å²) in [4.78, 5) is 11.5. The number of nitrogens with zero attached hydrogens (tertiary/aromatic N) is 1. The fourth-order valence-electron chi connectivity index (χ4n) is 2.63. The summed E-state index contributed by atoms with van der Waals surface area (Å²) in [5.74, 6) is -0.262. The Balaban J connectivity index is 4.10. The molecule has 3 heteroatoms. The molecular weight excluding hydrogens is 274 g/mol. The van der Waals surface area contributed by atoms with Crippen LogP contribution in [0.2, 0.25) is 0 Å². The lowest BCUT2D eigenvalue weighted by atomic mass is 10.1. The highest BCUT2D eigenvalue weighted by Gasteiger charge is 2.21. The minimum absolute atomic E-state index is 0.262. The standard InChI is InChI=1S/C19H38NO2/c1-6-8-10-11-12-13-15-20(5,14-9-7-2)16-17-22-19(21)18(3)4/h3,6-17H2,1-2,4-5H3/q+1. The molecule has 0 saturated carbocycles. The third-order valence-corrected chi connectivity index (χ3v) is 4.32. The summed E-state index contributed by atoms with van der Waals surface area (Å²) in [7, 11) is 2.30. The average molecular weight is 313 g/mol. The average Bonchev–Trinajstić information content (AvgIpc) is 2.48. The predicted octanol–water partition coefficient (Wildman–Crippen LogP) is 4.71. The van der Waals surface area contributed by atoms with Crippen molar-refractivity contribution in [2.75, 3.05) is 33.3 Å². The van der Waals surface area contributed by atoms with E-state index in [4.69, 9.17) is 4.74 Å². The van der Waals surface area contributed by atoms with Crippen molar-refractivity contribution in [1.29, 1.82) is 0 Å². The lowest BCUT2D eigenvalue weighted by molar-refractivity contribution is -0.910. The van der Waals surface area contributed by atoms with E-state index in [1.165, 1.54) is 64.5 Å². The first-order chi connectivity index (χ1) is 10.4. The van der Waals surface area contributed by atoms with E-state index in [-0.39, 0.29) is 5.97 Å². The molecule has 0 aromatic carbocycles. The smallest absolute Gasteiger partial charge is 0.333 e. The number of esters is 1. The normalized spacial score (nSPS) is 13.6. The van der Waals surface area contributed by atoms with E-state index in [9.17, 15) is 4.79 Å². The highest BCUT2D eigenvalue weighted by atomic mass is 16.5. The van der Waals surface area contributed by atoms with Gasteiger partial charge in [-0.1, -0.05) is 52.5 Å². The second-order valence-corrected chi connectivity index (χ2v) is 6.83. The van der Waals surface area contributed by atoms with Crippen molar-refractivity contribution in [3.8, 4) is 0 Å². The highest BCUT2D eigenvalue weighted by molar-refractivity contribution is 5.86. The van der Waals surface area contributed by atoms with Crippen LogP contribution in [0.3, 0.4) is 0 Å². The van der Waals surface area contributed by atoms with Gasteiger partial charge in [-0.2, -0.15) is 0 Å². The van der Waals surface area contributed by atoms with Crippen molar-refractivity contribution < 1.29 is 14.0 Å². The van der Waals surface area contributed by atoms with Gasteiger partial charge in [-0.05, 0) is 26.2 Å². The Bertz CT molecular complexity index is 315. The number of likely N-dealkylation sites (N-methyl/N-ethyl adjacent to an activating group) is 1. The summed E-state index contributed by atoms with van der Waals surface area (Å²) in [6, 6.07) is 0. The van der Waals surface area contributed by atoms with Gasteiger partial charge in [0.25, 0.3) is 0 Å². The maximum atomic E-state index is 11.5. The van der Waals surface area contributed by atoms with Gasteiger partial charge in [-0.25, -0.2) is 4.79 Å². The zero-order valence-corrected chi connectivity index (χ0v) is 15.5. The molecule has 0 heterocycles. The lowest BCUT2D eigenvalue weighted by Crippen LogP contribution is -2.48. The van der Waals surface area contributed by atoms with E-state index in [0.717, 1.165) is 11.0 Å². The quantitative estimate of drug-likeness (QED) is 0.201. The number of quaternary nitrogens is 1. The van der Waals surface area contributed by atoms with Gasteiger partial charge < -0.3 is 9.22 Å². The van der Waals surface area contributed by atoms with Crippen LogP contribution >= 0.6 is 0 Å². The molecular formula is C19H38NO2+. The van der Waals surface area contributed by atoms with Crippen LogP contribution in [0.5, 0.6) is 0 Å². The van der Waals surface area contributed by atoms with Crippen LogP contribution in [0.15, 0.2) is 12.2 Å². The Morgan fingerprint density at radius 1 is 0.909 bits per heavy atom. The zero-order valence-electron chi connectivity index (χ0n) is 15.5. The van der Waals surface area contributed by atoms with Crippen molar-refractivity contribution in [3.05, 3.63) is 12.2 Å². The Morgan fingerprint density at radius 2 is 1.45 bits per heavy atom. The number of carbonyl (C=O) groups excluding carboxylic acids is 1. The first-order valence-corrected chi connectivity index (χ1v) is 9.11. The van der Waals surface area contributed by atoms with E-state index in [1.807, 2.05) is 0 Å². The number of rotatable bonds is 14. The number of unbranched alkanes of at least 4 members (excludes halogenated alkanes) is 6. The fraction of sp³-hybridized carbons (Fsp3) is 0.842. The van der Waals surface area contributed by atoms with Gasteiger partial charge in [0.2, 0.25) is 0 Å². The topological polar surface area (TPSA) is 26.3 Å². The summed E-state index contributed by atoms with van der Waals surface area (Å²) in [5.41, 5.74) is 0.485. The molecule has 0 rings (SSSR count). The summed E-state index contributed by atoms with van der Waals surface area (Å²) < 4.78 is 6.30. The van der Waals surface area contributed by atoms with Crippen molar-refractivity contribution in [2.24, 2.45) is 0 Å². The lowest BCUT2D eigenvalue weighted by Gasteiger charge is -2.34. The number of hydrogen-bond donors (Lipinski definition) is 0. The van der Waals surface area contributed by atoms with Gasteiger partial charge in [0, 0.05) is 5.57 Å². The van der Waals surface area contributed by atoms with Crippen LogP contribution < -0.4 is 0 Å². The predicted molar refractivity (Wildman–Crippen MR) is 94.8 cm³/mol. The Labute approximate surface area is 138 Å². The van der Waals surface area contributed by atoms with Gasteiger partial charge in [0.15, 0.2) is 0 Å². The molecule has 3 nitrogen and oxygen atoms in total. The van der Waals surface area contributed by atoms with Crippen molar-refractivity contribution in [3.63, 3.8) is 0 Å². The summed E-state index contributed by atoms with van der Waals surface area (Å²) >= 11 is 0. The van der Waals surface area contributed by atoms with E-state index < -0.39 is 0 Å². The van der Waals surface area contributed by atoms with Crippen LogP contribution in [0, 0.1) is 0 Å². The van der Waals surface area contributed by atoms with Crippen LogP contribution in [0.4, 0.5) is 0 Å². The SMILES string of the molecule is C=C(C)C(=O)OCC[N+](C)(CCCC)CCCCCCCC. The summed E-state index contributed by atoms with van der Waals surface area (Å²) in [5, 5.41) is 0. The van der Waals surface area contributed by atoms with Gasteiger partial charge in [-0.3, -0.25) is 0 Å². The first-order valence-electron chi connectivity index (χ1n) is 9.11. The minimum atomic E-state index is -0.262. The summed E-state index contributed by atoms with van der Waals surface area (Å²) in [6.07, 6.45) is 10.4. The Hall–Kier alpha value is -0.830. The Kier molecular flexibility index (Phi) is 12.2. The highest BCUT2D eigenvalue weighted by Crippen LogP contribution is 2.12. The van der Waals surface area contributed by atoms with Gasteiger partial charge in [0.1, 0.15) is 13.2 Å². The maximum Gasteiger partial charge on any atom is 0.333 e. The van der Waals surface area contributed by atoms with E-state index in [0.29, 0.717) is 12.2 Å². The van der Waals surface area contributed by atoms with Crippen molar-refractivity contribution >= 4 is 5.97 Å². The molecule has 1 unspecified atom stereocenters. The van der Waals surface area contributed by atoms with E-state index in [2.05, 4.69) is 27.5 Å². The van der Waals surface area contributed by atoms with Gasteiger partial charge >= 0.3 is 5.97 Å². The third kappa shape index (κ3) is 10.8. The molecule has 1 atom stereocenters. The molecule has 0 aliphatic rings. The molecule has 0 radical (unpaired) electrons. The third-order valence-electron chi connectivity index (χ3n) is 4.32. The van der Waals surface area contributed by atoms with Gasteiger partial charge in [0.05, 0.1) is 20.1 Å².